The molecule has 19 heavy (non-hydrogen) atoms. The summed E-state index contributed by atoms with van der Waals surface area (Å²) in [6, 6.07) is 5.32. The number of hydrogen-bond donors (Lipinski definition) is 2. The lowest BCUT2D eigenvalue weighted by Crippen LogP contribution is -2.18. The lowest BCUT2D eigenvalue weighted by Gasteiger charge is -2.07. The number of nitro groups is 1. The Hall–Kier alpha value is -2.16. The SMILES string of the molecule is O=C(O)CCCS(=O)(=O)Nc1ccccc1[N+](=O)[O-]. The average Bonchev–Trinajstić information content (AvgIpc) is 2.27. The van der Waals surface area contributed by atoms with Crippen LogP contribution in [0.15, 0.2) is 24.3 Å². The van der Waals surface area contributed by atoms with Gasteiger partial charge in [-0.15, -0.1) is 0 Å². The molecule has 1 aromatic carbocycles. The summed E-state index contributed by atoms with van der Waals surface area (Å²) in [5.74, 6) is -1.51. The molecule has 0 saturated carbocycles. The van der Waals surface area contributed by atoms with E-state index in [1.807, 2.05) is 0 Å². The van der Waals surface area contributed by atoms with E-state index in [9.17, 15) is 23.3 Å². The van der Waals surface area contributed by atoms with E-state index in [0.717, 1.165) is 0 Å². The van der Waals surface area contributed by atoms with E-state index in [4.69, 9.17) is 5.11 Å². The zero-order chi connectivity index (χ0) is 14.5. The van der Waals surface area contributed by atoms with Crippen molar-refractivity contribution < 1.29 is 23.2 Å². The maximum Gasteiger partial charge on any atom is 0.303 e. The molecule has 9 heteroatoms. The first-order valence-corrected chi connectivity index (χ1v) is 6.93. The Kier molecular flexibility index (Phi) is 4.81. The third-order valence-electron chi connectivity index (χ3n) is 2.17. The van der Waals surface area contributed by atoms with Gasteiger partial charge in [0.1, 0.15) is 5.69 Å². The number of aliphatic carboxylic acids is 1. The number of para-hydroxylation sites is 2. The molecule has 0 fully saturated rings. The largest absolute Gasteiger partial charge is 0.481 e. The zero-order valence-electron chi connectivity index (χ0n) is 9.77. The van der Waals surface area contributed by atoms with E-state index in [-0.39, 0.29) is 24.2 Å². The molecule has 104 valence electrons. The lowest BCUT2D eigenvalue weighted by molar-refractivity contribution is -0.383. The van der Waals surface area contributed by atoms with Crippen molar-refractivity contribution in [2.24, 2.45) is 0 Å². The van der Waals surface area contributed by atoms with Crippen LogP contribution in [0.3, 0.4) is 0 Å². The number of carbonyl (C=O) groups is 1. The summed E-state index contributed by atoms with van der Waals surface area (Å²) in [7, 11) is -3.80. The maximum atomic E-state index is 11.6. The molecule has 0 radical (unpaired) electrons. The summed E-state index contributed by atoms with van der Waals surface area (Å²) >= 11 is 0. The number of benzene rings is 1. The highest BCUT2D eigenvalue weighted by molar-refractivity contribution is 7.92. The van der Waals surface area contributed by atoms with Gasteiger partial charge in [-0.1, -0.05) is 12.1 Å². The number of nitrogens with one attached hydrogen (secondary N) is 1. The van der Waals surface area contributed by atoms with Gasteiger partial charge in [0, 0.05) is 12.5 Å². The molecule has 1 rings (SSSR count). The first kappa shape index (κ1) is 14.9. The van der Waals surface area contributed by atoms with Crippen molar-refractivity contribution in [1.82, 2.24) is 0 Å². The molecule has 2 N–H and O–H groups in total. The summed E-state index contributed by atoms with van der Waals surface area (Å²) in [5.41, 5.74) is -0.493. The Bertz CT molecular complexity index is 583. The normalized spacial score (nSPS) is 10.9. The van der Waals surface area contributed by atoms with Crippen LogP contribution in [0.2, 0.25) is 0 Å². The van der Waals surface area contributed by atoms with E-state index in [2.05, 4.69) is 4.72 Å². The Morgan fingerprint density at radius 3 is 2.58 bits per heavy atom. The molecular weight excluding hydrogens is 276 g/mol. The minimum atomic E-state index is -3.80. The second kappa shape index (κ2) is 6.14. The van der Waals surface area contributed by atoms with Crippen LogP contribution in [0, 0.1) is 10.1 Å². The number of carboxylic acids is 1. The van der Waals surface area contributed by atoms with Crippen LogP contribution < -0.4 is 4.72 Å². The van der Waals surface area contributed by atoms with Gasteiger partial charge in [0.15, 0.2) is 0 Å². The summed E-state index contributed by atoms with van der Waals surface area (Å²) in [6.07, 6.45) is -0.344. The molecule has 0 saturated heterocycles. The molecule has 0 unspecified atom stereocenters. The monoisotopic (exact) mass is 288 g/mol. The van der Waals surface area contributed by atoms with Crippen LogP contribution in [0.25, 0.3) is 0 Å². The minimum absolute atomic E-state index is 0.0642. The van der Waals surface area contributed by atoms with Gasteiger partial charge in [0.05, 0.1) is 10.7 Å². The van der Waals surface area contributed by atoms with Crippen molar-refractivity contribution in [1.29, 1.82) is 0 Å². The van der Waals surface area contributed by atoms with Crippen molar-refractivity contribution >= 4 is 27.4 Å². The first-order valence-electron chi connectivity index (χ1n) is 5.27. The van der Waals surface area contributed by atoms with Crippen molar-refractivity contribution in [3.05, 3.63) is 34.4 Å². The Morgan fingerprint density at radius 2 is 2.00 bits per heavy atom. The number of nitrogens with zero attached hydrogens (tertiary/aromatic N) is 1. The zero-order valence-corrected chi connectivity index (χ0v) is 10.6. The molecular formula is C10H12N2O6S. The van der Waals surface area contributed by atoms with E-state index in [0.29, 0.717) is 0 Å². The van der Waals surface area contributed by atoms with E-state index >= 15 is 0 Å². The molecule has 0 spiro atoms. The predicted octanol–water partition coefficient (Wildman–Crippen LogP) is 1.20. The Labute approximate surface area is 109 Å². The molecule has 0 aromatic heterocycles. The topological polar surface area (TPSA) is 127 Å². The number of anilines is 1. The molecule has 0 aliphatic rings. The molecule has 0 amide bonds. The average molecular weight is 288 g/mol. The smallest absolute Gasteiger partial charge is 0.303 e. The van der Waals surface area contributed by atoms with Crippen LogP contribution in [0.5, 0.6) is 0 Å². The summed E-state index contributed by atoms with van der Waals surface area (Å²) in [6.45, 7) is 0. The molecule has 0 atom stereocenters. The van der Waals surface area contributed by atoms with Gasteiger partial charge in [-0.25, -0.2) is 8.42 Å². The first-order chi connectivity index (χ1) is 8.82. The molecule has 0 bridgehead atoms. The standard InChI is InChI=1S/C10H12N2O6S/c13-10(14)6-3-7-19(17,18)11-8-4-1-2-5-9(8)12(15)16/h1-2,4-5,11H,3,6-7H2,(H,13,14). The van der Waals surface area contributed by atoms with Crippen LogP contribution in [0.1, 0.15) is 12.8 Å². The minimum Gasteiger partial charge on any atom is -0.481 e. The summed E-state index contributed by atoms with van der Waals surface area (Å²) < 4.78 is 25.3. The van der Waals surface area contributed by atoms with Gasteiger partial charge in [0.25, 0.3) is 5.69 Å². The highest BCUT2D eigenvalue weighted by atomic mass is 32.2. The fourth-order valence-electron chi connectivity index (χ4n) is 1.35. The van der Waals surface area contributed by atoms with Crippen molar-refractivity contribution in [2.75, 3.05) is 10.5 Å². The van der Waals surface area contributed by atoms with Gasteiger partial charge in [-0.2, -0.15) is 0 Å². The highest BCUT2D eigenvalue weighted by Gasteiger charge is 2.18. The highest BCUT2D eigenvalue weighted by Crippen LogP contribution is 2.24. The number of carboxylic acid groups (broad SMARTS) is 1. The molecule has 0 heterocycles. The lowest BCUT2D eigenvalue weighted by atomic mass is 10.3. The van der Waals surface area contributed by atoms with Crippen molar-refractivity contribution in [3.8, 4) is 0 Å². The van der Waals surface area contributed by atoms with E-state index in [1.54, 1.807) is 0 Å². The van der Waals surface area contributed by atoms with Gasteiger partial charge >= 0.3 is 5.97 Å². The van der Waals surface area contributed by atoms with Crippen LogP contribution in [-0.4, -0.2) is 30.2 Å². The van der Waals surface area contributed by atoms with Crippen molar-refractivity contribution in [3.63, 3.8) is 0 Å². The van der Waals surface area contributed by atoms with E-state index < -0.39 is 26.7 Å². The van der Waals surface area contributed by atoms with Crippen LogP contribution in [0.4, 0.5) is 11.4 Å². The summed E-state index contributed by atoms with van der Waals surface area (Å²) in [5, 5.41) is 19.1. The van der Waals surface area contributed by atoms with Crippen LogP contribution in [-0.2, 0) is 14.8 Å². The van der Waals surface area contributed by atoms with Gasteiger partial charge < -0.3 is 5.11 Å². The predicted molar refractivity (Wildman–Crippen MR) is 67.4 cm³/mol. The number of rotatable bonds is 7. The third-order valence-corrected chi connectivity index (χ3v) is 3.53. The Balaban J connectivity index is 2.78. The molecule has 8 nitrogen and oxygen atoms in total. The van der Waals surface area contributed by atoms with E-state index in [1.165, 1.54) is 24.3 Å². The van der Waals surface area contributed by atoms with Gasteiger partial charge in [-0.3, -0.25) is 19.6 Å². The fourth-order valence-corrected chi connectivity index (χ4v) is 2.49. The fraction of sp³-hybridized carbons (Fsp3) is 0.300. The quantitative estimate of drug-likeness (QED) is 0.573. The third kappa shape index (κ3) is 4.92. The number of nitro benzene ring substituents is 1. The Morgan fingerprint density at radius 1 is 1.37 bits per heavy atom. The number of sulfonamides is 1. The van der Waals surface area contributed by atoms with Crippen molar-refractivity contribution in [2.45, 2.75) is 12.8 Å². The van der Waals surface area contributed by atoms with Crippen LogP contribution >= 0.6 is 0 Å². The molecule has 0 aliphatic heterocycles. The summed E-state index contributed by atoms with van der Waals surface area (Å²) in [4.78, 5) is 20.3. The van der Waals surface area contributed by atoms with Gasteiger partial charge in [0.2, 0.25) is 10.0 Å². The maximum absolute atomic E-state index is 11.6. The van der Waals surface area contributed by atoms with Gasteiger partial charge in [-0.05, 0) is 12.5 Å². The second-order valence-corrected chi connectivity index (χ2v) is 5.53. The number of hydrogen-bond acceptors (Lipinski definition) is 5. The molecule has 0 aliphatic carbocycles. The second-order valence-electron chi connectivity index (χ2n) is 3.69. The molecule has 1 aromatic rings.